The van der Waals surface area contributed by atoms with E-state index in [1.54, 1.807) is 20.0 Å². The summed E-state index contributed by atoms with van der Waals surface area (Å²) in [5, 5.41) is 0.734. The summed E-state index contributed by atoms with van der Waals surface area (Å²) >= 11 is 6.27. The van der Waals surface area contributed by atoms with Gasteiger partial charge in [0.1, 0.15) is 0 Å². The Bertz CT molecular complexity index is 1000. The van der Waals surface area contributed by atoms with Crippen LogP contribution in [0, 0.1) is 0 Å². The summed E-state index contributed by atoms with van der Waals surface area (Å²) in [6.07, 6.45) is 5.06. The van der Waals surface area contributed by atoms with Gasteiger partial charge in [0.2, 0.25) is 5.91 Å². The molecule has 1 aliphatic heterocycles. The maximum Gasteiger partial charge on any atom is 0.219 e. The topological polar surface area (TPSA) is 50.3 Å². The molecule has 2 aliphatic rings. The van der Waals surface area contributed by atoms with E-state index < -0.39 is 0 Å². The molecule has 0 spiro atoms. The maximum absolute atomic E-state index is 11.9. The molecule has 1 aliphatic carbocycles. The minimum absolute atomic E-state index is 0.0316. The first-order chi connectivity index (χ1) is 13.4. The van der Waals surface area contributed by atoms with Gasteiger partial charge >= 0.3 is 0 Å². The summed E-state index contributed by atoms with van der Waals surface area (Å²) in [6, 6.07) is 8.05. The molecule has 28 heavy (non-hydrogen) atoms. The van der Waals surface area contributed by atoms with Crippen molar-refractivity contribution in [2.45, 2.75) is 39.5 Å². The standard InChI is InChI=1S/C23H23ClN2O2/c1-14(27)19-11-18-4-3-17-12-20(24)5-6-21(17)22(23(18)25-13-19)16-7-9-26(10-8-16)15(2)28/h5-6,11-13H,3-4,7-10H2,1-2H3. The summed E-state index contributed by atoms with van der Waals surface area (Å²) in [7, 11) is 0. The monoisotopic (exact) mass is 394 g/mol. The molecule has 1 amide bonds. The normalized spacial score (nSPS) is 16.3. The van der Waals surface area contributed by atoms with Gasteiger partial charge in [0.15, 0.2) is 5.78 Å². The van der Waals surface area contributed by atoms with Gasteiger partial charge < -0.3 is 4.90 Å². The number of benzene rings is 1. The Morgan fingerprint density at radius 3 is 2.39 bits per heavy atom. The predicted octanol–water partition coefficient (Wildman–Crippen LogP) is 4.48. The van der Waals surface area contributed by atoms with E-state index in [4.69, 9.17) is 16.6 Å². The number of amides is 1. The highest BCUT2D eigenvalue weighted by atomic mass is 35.5. The number of piperidine rings is 1. The van der Waals surface area contributed by atoms with Crippen molar-refractivity contribution in [2.75, 3.05) is 13.1 Å². The van der Waals surface area contributed by atoms with Gasteiger partial charge in [0, 0.05) is 42.4 Å². The lowest BCUT2D eigenvalue weighted by atomic mass is 9.88. The highest BCUT2D eigenvalue weighted by Gasteiger charge is 2.26. The molecule has 4 rings (SSSR count). The summed E-state index contributed by atoms with van der Waals surface area (Å²) in [6.45, 7) is 4.67. The van der Waals surface area contributed by atoms with Crippen LogP contribution in [-0.2, 0) is 17.6 Å². The minimum atomic E-state index is 0.0316. The number of halogens is 1. The quantitative estimate of drug-likeness (QED) is 0.670. The number of fused-ring (bicyclic) bond motifs is 2. The number of Topliss-reactive ketones (excluding diaryl/α,β-unsaturated/α-hetero) is 1. The summed E-state index contributed by atoms with van der Waals surface area (Å²) in [5.41, 5.74) is 7.61. The predicted molar refractivity (Wildman–Crippen MR) is 111 cm³/mol. The third kappa shape index (κ3) is 3.49. The first kappa shape index (κ1) is 18.9. The fourth-order valence-corrected chi connectivity index (χ4v) is 4.42. The second-order valence-electron chi connectivity index (χ2n) is 7.57. The minimum Gasteiger partial charge on any atom is -0.342 e. The van der Waals surface area contributed by atoms with Gasteiger partial charge in [-0.2, -0.15) is 0 Å². The zero-order chi connectivity index (χ0) is 19.8. The Morgan fingerprint density at radius 2 is 1.71 bits per heavy atom. The van der Waals surface area contributed by atoms with E-state index in [0.717, 1.165) is 60.6 Å². The average molecular weight is 395 g/mol. The fourth-order valence-electron chi connectivity index (χ4n) is 4.23. The molecule has 1 fully saturated rings. The Balaban J connectivity index is 1.87. The van der Waals surface area contributed by atoms with Gasteiger partial charge in [0.25, 0.3) is 0 Å². The number of carbonyl (C=O) groups excluding carboxylic acids is 2. The number of aryl methyl sites for hydroxylation is 2. The molecule has 2 aromatic rings. The summed E-state index contributed by atoms with van der Waals surface area (Å²) in [5.74, 6) is 0.158. The van der Waals surface area contributed by atoms with E-state index >= 15 is 0 Å². The number of ketones is 1. The molecule has 0 saturated carbocycles. The summed E-state index contributed by atoms with van der Waals surface area (Å²) < 4.78 is 0. The zero-order valence-corrected chi connectivity index (χ0v) is 17.0. The van der Waals surface area contributed by atoms with E-state index in [1.165, 1.54) is 16.7 Å². The Kier molecular flexibility index (Phi) is 5.07. The molecule has 0 bridgehead atoms. The second kappa shape index (κ2) is 7.51. The van der Waals surface area contributed by atoms with E-state index in [9.17, 15) is 9.59 Å². The van der Waals surface area contributed by atoms with Crippen LogP contribution in [0.5, 0.6) is 0 Å². The second-order valence-corrected chi connectivity index (χ2v) is 8.01. The summed E-state index contributed by atoms with van der Waals surface area (Å²) in [4.78, 5) is 30.2. The van der Waals surface area contributed by atoms with E-state index in [0.29, 0.717) is 5.56 Å². The molecule has 1 saturated heterocycles. The van der Waals surface area contributed by atoms with Crippen molar-refractivity contribution in [3.8, 4) is 0 Å². The van der Waals surface area contributed by atoms with Crippen LogP contribution in [-0.4, -0.2) is 34.7 Å². The van der Waals surface area contributed by atoms with Crippen molar-refractivity contribution < 1.29 is 9.59 Å². The molecule has 4 nitrogen and oxygen atoms in total. The first-order valence-electron chi connectivity index (χ1n) is 9.70. The molecule has 5 heteroatoms. The van der Waals surface area contributed by atoms with Crippen LogP contribution in [0.15, 0.2) is 36.0 Å². The Morgan fingerprint density at radius 1 is 1.00 bits per heavy atom. The number of aromatic nitrogens is 1. The molecule has 2 heterocycles. The average Bonchev–Trinajstić information content (AvgIpc) is 2.84. The van der Waals surface area contributed by atoms with Crippen molar-refractivity contribution in [1.29, 1.82) is 0 Å². The largest absolute Gasteiger partial charge is 0.342 e. The maximum atomic E-state index is 11.9. The number of pyridine rings is 1. The fraction of sp³-hybridized carbons (Fsp3) is 0.348. The van der Waals surface area contributed by atoms with Crippen LogP contribution in [0.1, 0.15) is 59.4 Å². The van der Waals surface area contributed by atoms with Gasteiger partial charge in [0.05, 0.1) is 5.69 Å². The third-order valence-corrected chi connectivity index (χ3v) is 6.01. The van der Waals surface area contributed by atoms with Gasteiger partial charge in [-0.1, -0.05) is 23.2 Å². The number of carbonyl (C=O) groups is 2. The molecule has 0 unspecified atom stereocenters. The van der Waals surface area contributed by atoms with Crippen LogP contribution < -0.4 is 0 Å². The molecule has 1 aromatic heterocycles. The SMILES string of the molecule is CC(=O)c1cnc2c(c1)CCc1cc(Cl)ccc1C2=C1CCN(C(C)=O)CC1. The molecular formula is C23H23ClN2O2. The van der Waals surface area contributed by atoms with Crippen LogP contribution in [0.4, 0.5) is 0 Å². The van der Waals surface area contributed by atoms with Gasteiger partial charge in [-0.25, -0.2) is 0 Å². The van der Waals surface area contributed by atoms with Crippen LogP contribution in [0.3, 0.4) is 0 Å². The molecule has 1 aromatic carbocycles. The zero-order valence-electron chi connectivity index (χ0n) is 16.2. The highest BCUT2D eigenvalue weighted by Crippen LogP contribution is 2.38. The van der Waals surface area contributed by atoms with Crippen molar-refractivity contribution in [3.05, 3.63) is 69.0 Å². The van der Waals surface area contributed by atoms with E-state index in [-0.39, 0.29) is 11.7 Å². The molecule has 144 valence electrons. The molecule has 0 N–H and O–H groups in total. The number of hydrogen-bond acceptors (Lipinski definition) is 3. The van der Waals surface area contributed by atoms with Gasteiger partial charge in [-0.15, -0.1) is 0 Å². The Labute approximate surface area is 170 Å². The van der Waals surface area contributed by atoms with Crippen LogP contribution in [0.25, 0.3) is 5.57 Å². The number of hydrogen-bond donors (Lipinski definition) is 0. The van der Waals surface area contributed by atoms with E-state index in [1.807, 2.05) is 23.1 Å². The van der Waals surface area contributed by atoms with Gasteiger partial charge in [-0.05, 0) is 67.5 Å². The van der Waals surface area contributed by atoms with E-state index in [2.05, 4.69) is 6.07 Å². The molecule has 0 atom stereocenters. The number of rotatable bonds is 1. The lowest BCUT2D eigenvalue weighted by Gasteiger charge is -2.29. The van der Waals surface area contributed by atoms with Crippen LogP contribution >= 0.6 is 11.6 Å². The molecular weight excluding hydrogens is 372 g/mol. The van der Waals surface area contributed by atoms with Crippen LogP contribution in [0.2, 0.25) is 5.02 Å². The van der Waals surface area contributed by atoms with Crippen molar-refractivity contribution in [1.82, 2.24) is 9.88 Å². The van der Waals surface area contributed by atoms with Gasteiger partial charge in [-0.3, -0.25) is 14.6 Å². The van der Waals surface area contributed by atoms with Crippen molar-refractivity contribution >= 4 is 28.9 Å². The lowest BCUT2D eigenvalue weighted by Crippen LogP contribution is -2.34. The third-order valence-electron chi connectivity index (χ3n) is 5.78. The molecule has 0 radical (unpaired) electrons. The van der Waals surface area contributed by atoms with Crippen molar-refractivity contribution in [2.24, 2.45) is 0 Å². The first-order valence-corrected chi connectivity index (χ1v) is 10.1. The van der Waals surface area contributed by atoms with Crippen molar-refractivity contribution in [3.63, 3.8) is 0 Å². The number of likely N-dealkylation sites (tertiary alicyclic amines) is 1. The highest BCUT2D eigenvalue weighted by molar-refractivity contribution is 6.30. The lowest BCUT2D eigenvalue weighted by molar-refractivity contribution is -0.129. The number of nitrogens with zero attached hydrogens (tertiary/aromatic N) is 2. The Hall–Kier alpha value is -2.46. The smallest absolute Gasteiger partial charge is 0.219 e.